The molecule has 0 bridgehead atoms. The summed E-state index contributed by atoms with van der Waals surface area (Å²) in [5.41, 5.74) is 3.84. The third-order valence-electron chi connectivity index (χ3n) is 4.40. The molecule has 1 N–H and O–H groups in total. The molecule has 0 aromatic heterocycles. The van der Waals surface area contributed by atoms with Gasteiger partial charge >= 0.3 is 0 Å². The van der Waals surface area contributed by atoms with Crippen molar-refractivity contribution < 1.29 is 9.90 Å². The number of anilines is 1. The summed E-state index contributed by atoms with van der Waals surface area (Å²) < 4.78 is 0. The van der Waals surface area contributed by atoms with Crippen molar-refractivity contribution in [2.75, 3.05) is 18.0 Å². The second kappa shape index (κ2) is 6.39. The summed E-state index contributed by atoms with van der Waals surface area (Å²) in [5, 5.41) is 10.4. The molecule has 3 rings (SSSR count). The molecule has 0 saturated heterocycles. The van der Waals surface area contributed by atoms with E-state index >= 15 is 0 Å². The Morgan fingerprint density at radius 1 is 1.04 bits per heavy atom. The number of benzene rings is 2. The molecule has 3 heteroatoms. The Balaban J connectivity index is 1.90. The quantitative estimate of drug-likeness (QED) is 0.872. The minimum absolute atomic E-state index is 0.0825. The number of Topliss-reactive ketones (excluding diaryl/α,β-unsaturated/α-hetero) is 1. The van der Waals surface area contributed by atoms with Crippen LogP contribution >= 0.6 is 0 Å². The number of nitrogens with zero attached hydrogens (tertiary/aromatic N) is 1. The van der Waals surface area contributed by atoms with Gasteiger partial charge in [0.05, 0.1) is 0 Å². The number of fused-ring (bicyclic) bond motifs is 1. The predicted molar refractivity (Wildman–Crippen MR) is 93.7 cm³/mol. The topological polar surface area (TPSA) is 40.5 Å². The van der Waals surface area contributed by atoms with Crippen molar-refractivity contribution in [1.29, 1.82) is 0 Å². The highest BCUT2D eigenvalue weighted by Gasteiger charge is 2.32. The van der Waals surface area contributed by atoms with Crippen molar-refractivity contribution in [3.05, 3.63) is 70.8 Å². The Hall–Kier alpha value is -2.39. The summed E-state index contributed by atoms with van der Waals surface area (Å²) in [7, 11) is 0. The van der Waals surface area contributed by atoms with Crippen LogP contribution in [0.15, 0.2) is 54.1 Å². The van der Waals surface area contributed by atoms with E-state index in [0.29, 0.717) is 16.7 Å². The maximum atomic E-state index is 12.4. The zero-order valence-corrected chi connectivity index (χ0v) is 13.5. The molecule has 0 aliphatic heterocycles. The van der Waals surface area contributed by atoms with Gasteiger partial charge in [-0.15, -0.1) is 0 Å². The molecule has 0 amide bonds. The lowest BCUT2D eigenvalue weighted by atomic mass is 10.1. The van der Waals surface area contributed by atoms with E-state index in [-0.39, 0.29) is 5.78 Å². The van der Waals surface area contributed by atoms with Crippen LogP contribution in [-0.4, -0.2) is 24.0 Å². The van der Waals surface area contributed by atoms with Gasteiger partial charge in [-0.2, -0.15) is 0 Å². The van der Waals surface area contributed by atoms with Crippen molar-refractivity contribution in [2.45, 2.75) is 20.0 Å². The highest BCUT2D eigenvalue weighted by molar-refractivity contribution is 6.16. The van der Waals surface area contributed by atoms with E-state index in [2.05, 4.69) is 30.9 Å². The predicted octanol–water partition coefficient (Wildman–Crippen LogP) is 3.85. The summed E-state index contributed by atoms with van der Waals surface area (Å²) in [4.78, 5) is 14.7. The lowest BCUT2D eigenvalue weighted by molar-refractivity contribution is 0.102. The zero-order chi connectivity index (χ0) is 16.4. The van der Waals surface area contributed by atoms with Gasteiger partial charge in [0, 0.05) is 29.9 Å². The Kier molecular flexibility index (Phi) is 4.30. The fourth-order valence-corrected chi connectivity index (χ4v) is 3.08. The molecule has 0 heterocycles. The van der Waals surface area contributed by atoms with E-state index < -0.39 is 6.10 Å². The monoisotopic (exact) mass is 307 g/mol. The van der Waals surface area contributed by atoms with Gasteiger partial charge in [-0.25, -0.2) is 0 Å². The molecule has 23 heavy (non-hydrogen) atoms. The second-order valence-corrected chi connectivity index (χ2v) is 5.68. The maximum Gasteiger partial charge on any atom is 0.192 e. The Morgan fingerprint density at radius 3 is 2.30 bits per heavy atom. The van der Waals surface area contributed by atoms with Gasteiger partial charge in [0.1, 0.15) is 6.10 Å². The molecular weight excluding hydrogens is 286 g/mol. The van der Waals surface area contributed by atoms with Crippen LogP contribution in [0.3, 0.4) is 0 Å². The van der Waals surface area contributed by atoms with Crippen molar-refractivity contribution in [2.24, 2.45) is 0 Å². The molecule has 1 atom stereocenters. The Labute approximate surface area is 136 Å². The van der Waals surface area contributed by atoms with Gasteiger partial charge in [0.15, 0.2) is 5.78 Å². The first-order valence-electron chi connectivity index (χ1n) is 8.04. The number of rotatable bonds is 4. The maximum absolute atomic E-state index is 12.4. The van der Waals surface area contributed by atoms with Crippen LogP contribution in [0.2, 0.25) is 0 Å². The van der Waals surface area contributed by atoms with Crippen molar-refractivity contribution in [3.63, 3.8) is 0 Å². The van der Waals surface area contributed by atoms with Crippen LogP contribution < -0.4 is 4.90 Å². The van der Waals surface area contributed by atoms with Gasteiger partial charge in [0.2, 0.25) is 0 Å². The third-order valence-corrected chi connectivity index (χ3v) is 4.40. The average molecular weight is 307 g/mol. The molecular formula is C20H21NO2. The van der Waals surface area contributed by atoms with Crippen LogP contribution in [-0.2, 0) is 0 Å². The van der Waals surface area contributed by atoms with Crippen molar-refractivity contribution >= 4 is 17.5 Å². The summed E-state index contributed by atoms with van der Waals surface area (Å²) in [6.45, 7) is 6.18. The summed E-state index contributed by atoms with van der Waals surface area (Å²) in [5.74, 6) is -0.0825. The number of aliphatic hydroxyl groups excluding tert-OH is 1. The molecule has 2 aromatic carbocycles. The van der Waals surface area contributed by atoms with Crippen LogP contribution in [0.5, 0.6) is 0 Å². The highest BCUT2D eigenvalue weighted by Crippen LogP contribution is 2.36. The van der Waals surface area contributed by atoms with E-state index in [1.807, 2.05) is 30.3 Å². The van der Waals surface area contributed by atoms with Gasteiger partial charge in [-0.3, -0.25) is 4.79 Å². The number of ketones is 1. The third kappa shape index (κ3) is 2.80. The molecule has 2 aromatic rings. The second-order valence-electron chi connectivity index (χ2n) is 5.68. The molecule has 1 aliphatic carbocycles. The molecule has 0 fully saturated rings. The molecule has 0 radical (unpaired) electrons. The Bertz CT molecular complexity index is 742. The fraction of sp³-hybridized carbons (Fsp3) is 0.250. The fourth-order valence-electron chi connectivity index (χ4n) is 3.08. The van der Waals surface area contributed by atoms with Crippen LogP contribution in [0.25, 0.3) is 6.08 Å². The summed E-state index contributed by atoms with van der Waals surface area (Å²) in [6, 6.07) is 15.3. The lowest BCUT2D eigenvalue weighted by Gasteiger charge is -2.20. The highest BCUT2D eigenvalue weighted by atomic mass is 16.3. The summed E-state index contributed by atoms with van der Waals surface area (Å²) in [6.07, 6.45) is 0.958. The normalized spacial score (nSPS) is 18.3. The average Bonchev–Trinajstić information content (AvgIpc) is 2.83. The van der Waals surface area contributed by atoms with Gasteiger partial charge in [-0.05, 0) is 43.2 Å². The van der Waals surface area contributed by atoms with Gasteiger partial charge in [-0.1, -0.05) is 36.4 Å². The summed E-state index contributed by atoms with van der Waals surface area (Å²) >= 11 is 0. The first-order valence-corrected chi connectivity index (χ1v) is 8.04. The minimum Gasteiger partial charge on any atom is -0.383 e. The number of hydrogen-bond donors (Lipinski definition) is 1. The molecule has 3 nitrogen and oxygen atoms in total. The number of aliphatic hydroxyl groups is 1. The van der Waals surface area contributed by atoms with Crippen molar-refractivity contribution in [3.8, 4) is 0 Å². The molecule has 0 spiro atoms. The van der Waals surface area contributed by atoms with E-state index in [0.717, 1.165) is 18.7 Å². The van der Waals surface area contributed by atoms with E-state index in [4.69, 9.17) is 0 Å². The van der Waals surface area contributed by atoms with Gasteiger partial charge in [0.25, 0.3) is 0 Å². The van der Waals surface area contributed by atoms with Gasteiger partial charge < -0.3 is 10.0 Å². The molecule has 118 valence electrons. The number of hydrogen-bond acceptors (Lipinski definition) is 3. The molecule has 1 aliphatic rings. The van der Waals surface area contributed by atoms with E-state index in [1.54, 1.807) is 12.1 Å². The molecule has 0 saturated carbocycles. The lowest BCUT2D eigenvalue weighted by Crippen LogP contribution is -2.21. The zero-order valence-electron chi connectivity index (χ0n) is 13.5. The number of carbonyl (C=O) groups is 1. The Morgan fingerprint density at radius 2 is 1.70 bits per heavy atom. The largest absolute Gasteiger partial charge is 0.383 e. The smallest absolute Gasteiger partial charge is 0.192 e. The van der Waals surface area contributed by atoms with Crippen LogP contribution in [0.1, 0.15) is 41.4 Å². The standard InChI is InChI=1S/C20H21NO2/c1-3-21(4-2)15-11-9-14(10-12-15)13-18-19(22)16-7-5-6-8-17(16)20(18)23/h5-13,19,22H,3-4H2,1-2H3. The first kappa shape index (κ1) is 15.5. The minimum atomic E-state index is -0.832. The molecule has 1 unspecified atom stereocenters. The first-order chi connectivity index (χ1) is 11.2. The van der Waals surface area contributed by atoms with E-state index in [1.165, 1.54) is 5.69 Å². The van der Waals surface area contributed by atoms with Crippen molar-refractivity contribution in [1.82, 2.24) is 0 Å². The van der Waals surface area contributed by atoms with Crippen LogP contribution in [0.4, 0.5) is 5.69 Å². The SMILES string of the molecule is CCN(CC)c1ccc(C=C2C(=O)c3ccccc3C2O)cc1. The van der Waals surface area contributed by atoms with Crippen LogP contribution in [0, 0.1) is 0 Å². The number of carbonyl (C=O) groups excluding carboxylic acids is 1. The van der Waals surface area contributed by atoms with E-state index in [9.17, 15) is 9.90 Å².